The molecule has 5 nitrogen and oxygen atoms in total. The van der Waals surface area contributed by atoms with E-state index < -0.39 is 10.0 Å². The first-order valence-electron chi connectivity index (χ1n) is 8.77. The van der Waals surface area contributed by atoms with Gasteiger partial charge in [0, 0.05) is 12.1 Å². The summed E-state index contributed by atoms with van der Waals surface area (Å²) in [6, 6.07) is 13.3. The number of hydrogen-bond donors (Lipinski definition) is 1. The van der Waals surface area contributed by atoms with Gasteiger partial charge in [-0.25, -0.2) is 8.42 Å². The summed E-state index contributed by atoms with van der Waals surface area (Å²) < 4.78 is 25.0. The van der Waals surface area contributed by atoms with Gasteiger partial charge in [0.15, 0.2) is 0 Å². The molecule has 26 heavy (non-hydrogen) atoms. The number of nitrogens with zero attached hydrogens (tertiary/aromatic N) is 1. The summed E-state index contributed by atoms with van der Waals surface area (Å²) in [6.07, 6.45) is 2.62. The normalized spacial score (nSPS) is 14.8. The van der Waals surface area contributed by atoms with Crippen LogP contribution in [0.15, 0.2) is 42.5 Å². The molecular formula is C20H24N2O3S. The van der Waals surface area contributed by atoms with Crippen molar-refractivity contribution in [3.05, 3.63) is 64.7 Å². The van der Waals surface area contributed by atoms with E-state index in [1.54, 1.807) is 18.2 Å². The van der Waals surface area contributed by atoms with E-state index in [9.17, 15) is 13.2 Å². The van der Waals surface area contributed by atoms with Gasteiger partial charge in [-0.3, -0.25) is 9.10 Å². The van der Waals surface area contributed by atoms with E-state index in [1.807, 2.05) is 38.1 Å². The highest BCUT2D eigenvalue weighted by Gasteiger charge is 2.27. The Bertz CT molecular complexity index is 921. The van der Waals surface area contributed by atoms with Crippen molar-refractivity contribution in [2.45, 2.75) is 32.7 Å². The Balaban J connectivity index is 1.79. The lowest BCUT2D eigenvalue weighted by atomic mass is 10.0. The van der Waals surface area contributed by atoms with Gasteiger partial charge in [-0.05, 0) is 49.1 Å². The molecule has 1 atom stereocenters. The van der Waals surface area contributed by atoms with Crippen LogP contribution in [0.4, 0.5) is 5.69 Å². The van der Waals surface area contributed by atoms with Crippen molar-refractivity contribution in [2.75, 3.05) is 17.1 Å². The molecule has 3 rings (SSSR count). The molecule has 1 amide bonds. The summed E-state index contributed by atoms with van der Waals surface area (Å²) in [6.45, 7) is 4.51. The number of aryl methyl sites for hydroxylation is 1. The van der Waals surface area contributed by atoms with Crippen molar-refractivity contribution in [3.63, 3.8) is 0 Å². The Hall–Kier alpha value is -2.34. The maximum Gasteiger partial charge on any atom is 0.251 e. The summed E-state index contributed by atoms with van der Waals surface area (Å²) in [5.41, 5.74) is 4.39. The lowest BCUT2D eigenvalue weighted by Crippen LogP contribution is -2.28. The second-order valence-corrected chi connectivity index (χ2v) is 8.68. The number of fused-ring (bicyclic) bond motifs is 1. The molecule has 0 fully saturated rings. The fraction of sp³-hybridized carbons (Fsp3) is 0.350. The Morgan fingerprint density at radius 1 is 1.19 bits per heavy atom. The van der Waals surface area contributed by atoms with E-state index in [2.05, 4.69) is 5.32 Å². The van der Waals surface area contributed by atoms with Crippen LogP contribution in [0, 0.1) is 6.92 Å². The fourth-order valence-corrected chi connectivity index (χ4v) is 4.28. The number of benzene rings is 2. The van der Waals surface area contributed by atoms with Crippen LogP contribution in [0.2, 0.25) is 0 Å². The highest BCUT2D eigenvalue weighted by molar-refractivity contribution is 7.92. The van der Waals surface area contributed by atoms with Crippen LogP contribution in [0.25, 0.3) is 0 Å². The quantitative estimate of drug-likeness (QED) is 0.876. The minimum absolute atomic E-state index is 0.0520. The zero-order valence-corrected chi connectivity index (χ0v) is 16.1. The van der Waals surface area contributed by atoms with E-state index in [0.29, 0.717) is 24.2 Å². The highest BCUT2D eigenvalue weighted by Crippen LogP contribution is 2.31. The summed E-state index contributed by atoms with van der Waals surface area (Å²) in [5, 5.41) is 3.08. The van der Waals surface area contributed by atoms with Gasteiger partial charge in [0.25, 0.3) is 5.91 Å². The first kappa shape index (κ1) is 18.5. The van der Waals surface area contributed by atoms with Crippen LogP contribution in [0.1, 0.15) is 46.4 Å². The topological polar surface area (TPSA) is 66.5 Å². The van der Waals surface area contributed by atoms with Crippen LogP contribution < -0.4 is 9.62 Å². The number of hydrogen-bond acceptors (Lipinski definition) is 3. The fourth-order valence-electron chi connectivity index (χ4n) is 3.32. The molecule has 6 heteroatoms. The predicted molar refractivity (Wildman–Crippen MR) is 104 cm³/mol. The van der Waals surface area contributed by atoms with Crippen molar-refractivity contribution >= 4 is 21.6 Å². The molecule has 0 unspecified atom stereocenters. The van der Waals surface area contributed by atoms with E-state index in [1.165, 1.54) is 16.1 Å². The van der Waals surface area contributed by atoms with Gasteiger partial charge in [-0.15, -0.1) is 0 Å². The minimum atomic E-state index is -3.28. The van der Waals surface area contributed by atoms with Crippen molar-refractivity contribution in [1.29, 1.82) is 0 Å². The van der Waals surface area contributed by atoms with E-state index in [4.69, 9.17) is 0 Å². The first-order valence-corrected chi connectivity index (χ1v) is 10.6. The monoisotopic (exact) mass is 372 g/mol. The number of carbonyl (C=O) groups is 1. The smallest absolute Gasteiger partial charge is 0.251 e. The van der Waals surface area contributed by atoms with Gasteiger partial charge >= 0.3 is 0 Å². The number of nitrogens with one attached hydrogen (secondary N) is 1. The summed E-state index contributed by atoms with van der Waals surface area (Å²) in [7, 11) is -3.28. The summed E-state index contributed by atoms with van der Waals surface area (Å²) >= 11 is 0. The standard InChI is InChI=1S/C20H24N2O3S/c1-4-18(15-7-5-14(2)6-8-15)21-20(23)17-9-10-19-16(13-17)11-12-22(19)26(3,24)25/h5-10,13,18H,4,11-12H2,1-3H3,(H,21,23)/t18-/m0/s1. The summed E-state index contributed by atoms with van der Waals surface area (Å²) in [5.74, 6) is -0.141. The Morgan fingerprint density at radius 3 is 2.50 bits per heavy atom. The van der Waals surface area contributed by atoms with Gasteiger partial charge in [0.1, 0.15) is 0 Å². The molecule has 1 N–H and O–H groups in total. The Morgan fingerprint density at radius 2 is 1.88 bits per heavy atom. The van der Waals surface area contributed by atoms with Crippen LogP contribution in [-0.4, -0.2) is 27.1 Å². The number of rotatable bonds is 5. The molecule has 0 saturated carbocycles. The molecule has 0 aliphatic carbocycles. The molecule has 1 aliphatic heterocycles. The molecule has 0 saturated heterocycles. The molecular weight excluding hydrogens is 348 g/mol. The predicted octanol–water partition coefficient (Wildman–Crippen LogP) is 3.20. The van der Waals surface area contributed by atoms with E-state index in [0.717, 1.165) is 17.5 Å². The summed E-state index contributed by atoms with van der Waals surface area (Å²) in [4.78, 5) is 12.7. The third kappa shape index (κ3) is 3.75. The number of amides is 1. The minimum Gasteiger partial charge on any atom is -0.345 e. The number of carbonyl (C=O) groups excluding carboxylic acids is 1. The van der Waals surface area contributed by atoms with Crippen LogP contribution in [0.5, 0.6) is 0 Å². The Kier molecular flexibility index (Phi) is 5.05. The van der Waals surface area contributed by atoms with Gasteiger partial charge in [0.2, 0.25) is 10.0 Å². The highest BCUT2D eigenvalue weighted by atomic mass is 32.2. The Labute approximate surface area is 155 Å². The average Bonchev–Trinajstić information content (AvgIpc) is 3.03. The lowest BCUT2D eigenvalue weighted by molar-refractivity contribution is 0.0935. The van der Waals surface area contributed by atoms with Crippen molar-refractivity contribution < 1.29 is 13.2 Å². The number of sulfonamides is 1. The second-order valence-electron chi connectivity index (χ2n) is 6.77. The SMILES string of the molecule is CC[C@H](NC(=O)c1ccc2c(c1)CCN2S(C)(=O)=O)c1ccc(C)cc1. The molecule has 0 spiro atoms. The molecule has 0 bridgehead atoms. The first-order chi connectivity index (χ1) is 12.3. The second kappa shape index (κ2) is 7.11. The van der Waals surface area contributed by atoms with Crippen LogP contribution in [0.3, 0.4) is 0 Å². The van der Waals surface area contributed by atoms with Crippen molar-refractivity contribution in [2.24, 2.45) is 0 Å². The molecule has 1 aliphatic rings. The molecule has 0 radical (unpaired) electrons. The van der Waals surface area contributed by atoms with Gasteiger partial charge < -0.3 is 5.32 Å². The van der Waals surface area contributed by atoms with Crippen molar-refractivity contribution in [1.82, 2.24) is 5.32 Å². The number of anilines is 1. The van der Waals surface area contributed by atoms with E-state index >= 15 is 0 Å². The zero-order valence-electron chi connectivity index (χ0n) is 15.3. The zero-order chi connectivity index (χ0) is 18.9. The lowest BCUT2D eigenvalue weighted by Gasteiger charge is -2.19. The largest absolute Gasteiger partial charge is 0.345 e. The maximum absolute atomic E-state index is 12.7. The molecule has 0 aromatic heterocycles. The molecule has 1 heterocycles. The average molecular weight is 372 g/mol. The maximum atomic E-state index is 12.7. The molecule has 2 aromatic carbocycles. The van der Waals surface area contributed by atoms with Crippen LogP contribution >= 0.6 is 0 Å². The van der Waals surface area contributed by atoms with Gasteiger partial charge in [0.05, 0.1) is 18.0 Å². The molecule has 2 aromatic rings. The van der Waals surface area contributed by atoms with Gasteiger partial charge in [-0.1, -0.05) is 36.8 Å². The van der Waals surface area contributed by atoms with E-state index in [-0.39, 0.29) is 11.9 Å². The molecule has 138 valence electrons. The third-order valence-corrected chi connectivity index (χ3v) is 5.97. The van der Waals surface area contributed by atoms with Crippen molar-refractivity contribution in [3.8, 4) is 0 Å². The van der Waals surface area contributed by atoms with Crippen LogP contribution in [-0.2, 0) is 16.4 Å². The van der Waals surface area contributed by atoms with Gasteiger partial charge in [-0.2, -0.15) is 0 Å². The third-order valence-electron chi connectivity index (χ3n) is 4.79.